The summed E-state index contributed by atoms with van der Waals surface area (Å²) in [6.45, 7) is 11.7. The minimum atomic E-state index is -0.0607. The highest BCUT2D eigenvalue weighted by Crippen LogP contribution is 2.42. The van der Waals surface area contributed by atoms with Gasteiger partial charge in [-0.3, -0.25) is 4.79 Å². The number of hydrogen-bond donors (Lipinski definition) is 3. The lowest BCUT2D eigenvalue weighted by molar-refractivity contribution is -0.119. The van der Waals surface area contributed by atoms with Gasteiger partial charge in [-0.05, 0) is 38.7 Å². The summed E-state index contributed by atoms with van der Waals surface area (Å²) in [7, 11) is 0. The zero-order valence-electron chi connectivity index (χ0n) is 19.2. The van der Waals surface area contributed by atoms with Gasteiger partial charge in [0.2, 0.25) is 17.8 Å². The molecule has 0 bridgehead atoms. The summed E-state index contributed by atoms with van der Waals surface area (Å²) in [6, 6.07) is 1.98. The topological polar surface area (TPSA) is 122 Å². The number of nitrogens with zero attached hydrogens (tertiary/aromatic N) is 5. The van der Waals surface area contributed by atoms with Crippen molar-refractivity contribution in [3.8, 4) is 0 Å². The number of carbonyl (C=O) groups is 1. The van der Waals surface area contributed by atoms with Crippen molar-refractivity contribution in [3.63, 3.8) is 0 Å². The number of thioether (sulfide) groups is 1. The second-order valence-electron chi connectivity index (χ2n) is 8.74. The number of anilines is 2. The molecule has 0 saturated carbocycles. The van der Waals surface area contributed by atoms with Crippen LogP contribution in [0.4, 0.5) is 11.9 Å². The number of nitrogens with one attached hydrogen (secondary N) is 3. The van der Waals surface area contributed by atoms with Crippen LogP contribution >= 0.6 is 11.8 Å². The molecular weight excluding hydrogens is 428 g/mol. The van der Waals surface area contributed by atoms with Gasteiger partial charge in [0, 0.05) is 25.1 Å². The van der Waals surface area contributed by atoms with Gasteiger partial charge in [-0.2, -0.15) is 9.97 Å². The van der Waals surface area contributed by atoms with Crippen molar-refractivity contribution < 1.29 is 9.21 Å². The third kappa shape index (κ3) is 4.67. The minimum Gasteiger partial charge on any atom is -0.466 e. The fraction of sp³-hybridized carbons (Fsp3) is 0.571. The van der Waals surface area contributed by atoms with Gasteiger partial charge in [0.15, 0.2) is 5.16 Å². The molecule has 0 saturated heterocycles. The maximum Gasteiger partial charge on any atom is 0.261 e. The number of fused-ring (bicyclic) bond motifs is 2. The molecule has 0 aromatic carbocycles. The number of carbonyl (C=O) groups excluding carboxylic acids is 1. The molecule has 1 unspecified atom stereocenters. The monoisotopic (exact) mass is 458 g/mol. The van der Waals surface area contributed by atoms with E-state index in [2.05, 4.69) is 50.0 Å². The van der Waals surface area contributed by atoms with Crippen molar-refractivity contribution in [3.05, 3.63) is 23.2 Å². The molecule has 10 nitrogen and oxygen atoms in total. The van der Waals surface area contributed by atoms with E-state index in [0.29, 0.717) is 35.9 Å². The van der Waals surface area contributed by atoms with Crippen LogP contribution in [0, 0.1) is 12.3 Å². The number of aromatic nitrogens is 5. The number of rotatable bonds is 8. The summed E-state index contributed by atoms with van der Waals surface area (Å²) >= 11 is 1.31. The fourth-order valence-electron chi connectivity index (χ4n) is 4.08. The summed E-state index contributed by atoms with van der Waals surface area (Å²) in [5.41, 5.74) is 1.15. The second-order valence-corrected chi connectivity index (χ2v) is 9.68. The lowest BCUT2D eigenvalue weighted by atomic mass is 9.75. The zero-order valence-corrected chi connectivity index (χ0v) is 20.0. The van der Waals surface area contributed by atoms with E-state index in [1.165, 1.54) is 11.8 Å². The molecule has 0 aliphatic heterocycles. The molecule has 3 aromatic heterocycles. The van der Waals surface area contributed by atoms with Gasteiger partial charge in [0.05, 0.1) is 11.8 Å². The molecular formula is C21H30N8O2S. The molecule has 32 heavy (non-hydrogen) atoms. The number of aryl methyl sites for hydroxylation is 1. The molecule has 1 aliphatic carbocycles. The molecule has 1 aliphatic rings. The molecule has 11 heteroatoms. The van der Waals surface area contributed by atoms with E-state index < -0.39 is 0 Å². The number of furan rings is 1. The van der Waals surface area contributed by atoms with Crippen molar-refractivity contribution in [1.82, 2.24) is 29.9 Å². The van der Waals surface area contributed by atoms with Gasteiger partial charge in [0.25, 0.3) is 5.78 Å². The Labute approximate surface area is 191 Å². The highest BCUT2D eigenvalue weighted by Gasteiger charge is 2.35. The summed E-state index contributed by atoms with van der Waals surface area (Å²) in [5, 5.41) is 18.5. The Bertz CT molecular complexity index is 1120. The van der Waals surface area contributed by atoms with Crippen LogP contribution < -0.4 is 16.0 Å². The molecule has 4 rings (SSSR count). The van der Waals surface area contributed by atoms with Crippen molar-refractivity contribution in [2.75, 3.05) is 29.5 Å². The maximum absolute atomic E-state index is 12.8. The van der Waals surface area contributed by atoms with Gasteiger partial charge < -0.3 is 20.4 Å². The van der Waals surface area contributed by atoms with Crippen LogP contribution in [-0.2, 0) is 11.2 Å². The Balaban J connectivity index is 1.48. The van der Waals surface area contributed by atoms with E-state index in [1.807, 2.05) is 26.8 Å². The van der Waals surface area contributed by atoms with Crippen molar-refractivity contribution >= 4 is 35.3 Å². The van der Waals surface area contributed by atoms with Gasteiger partial charge >= 0.3 is 0 Å². The first kappa shape index (κ1) is 22.4. The lowest BCUT2D eigenvalue weighted by Gasteiger charge is -2.34. The van der Waals surface area contributed by atoms with Gasteiger partial charge in [0.1, 0.15) is 11.5 Å². The number of amides is 1. The summed E-state index contributed by atoms with van der Waals surface area (Å²) in [5.74, 6) is 3.52. The second kappa shape index (κ2) is 8.97. The normalized spacial score (nSPS) is 17.2. The zero-order chi connectivity index (χ0) is 22.9. The first-order chi connectivity index (χ1) is 15.3. The minimum absolute atomic E-state index is 0.0576. The smallest absolute Gasteiger partial charge is 0.261 e. The Hall–Kier alpha value is -2.82. The van der Waals surface area contributed by atoms with Crippen LogP contribution in [0.5, 0.6) is 0 Å². The average molecular weight is 459 g/mol. The Morgan fingerprint density at radius 2 is 2.03 bits per heavy atom. The Kier molecular flexibility index (Phi) is 6.27. The van der Waals surface area contributed by atoms with Crippen molar-refractivity contribution in [1.29, 1.82) is 0 Å². The SMILES string of the molecule is CCNc1nc(NCC)n2c(SCC(=O)NC3CC(C)(C)Cc4oc(C)cc43)nnc2n1. The molecule has 0 radical (unpaired) electrons. The third-order valence-corrected chi connectivity index (χ3v) is 6.25. The molecule has 1 amide bonds. The lowest BCUT2D eigenvalue weighted by Crippen LogP contribution is -2.36. The molecule has 3 heterocycles. The highest BCUT2D eigenvalue weighted by molar-refractivity contribution is 7.99. The molecule has 0 spiro atoms. The Morgan fingerprint density at radius 1 is 1.25 bits per heavy atom. The van der Waals surface area contributed by atoms with Crippen molar-refractivity contribution in [2.45, 2.75) is 58.7 Å². The summed E-state index contributed by atoms with van der Waals surface area (Å²) in [6.07, 6.45) is 1.75. The van der Waals surface area contributed by atoms with Crippen LogP contribution in [-0.4, -0.2) is 49.3 Å². The molecule has 1 atom stereocenters. The van der Waals surface area contributed by atoms with E-state index in [-0.39, 0.29) is 23.1 Å². The van der Waals surface area contributed by atoms with Crippen molar-refractivity contribution in [2.24, 2.45) is 5.41 Å². The first-order valence-corrected chi connectivity index (χ1v) is 11.9. The number of hydrogen-bond acceptors (Lipinski definition) is 9. The van der Waals surface area contributed by atoms with Crippen LogP contribution in [0.15, 0.2) is 15.6 Å². The van der Waals surface area contributed by atoms with E-state index in [0.717, 1.165) is 29.9 Å². The average Bonchev–Trinajstić information content (AvgIpc) is 3.29. The van der Waals surface area contributed by atoms with Crippen LogP contribution in [0.25, 0.3) is 5.78 Å². The van der Waals surface area contributed by atoms with E-state index >= 15 is 0 Å². The molecule has 3 N–H and O–H groups in total. The third-order valence-electron chi connectivity index (χ3n) is 5.32. The maximum atomic E-state index is 12.8. The largest absolute Gasteiger partial charge is 0.466 e. The quantitative estimate of drug-likeness (QED) is 0.437. The van der Waals surface area contributed by atoms with E-state index in [1.54, 1.807) is 4.40 Å². The first-order valence-electron chi connectivity index (χ1n) is 10.9. The predicted molar refractivity (Wildman–Crippen MR) is 124 cm³/mol. The van der Waals surface area contributed by atoms with Crippen LogP contribution in [0.3, 0.4) is 0 Å². The van der Waals surface area contributed by atoms with Gasteiger partial charge in [-0.1, -0.05) is 25.6 Å². The predicted octanol–water partition coefficient (Wildman–Crippen LogP) is 3.21. The molecule has 172 valence electrons. The van der Waals surface area contributed by atoms with Crippen LogP contribution in [0.1, 0.15) is 57.2 Å². The van der Waals surface area contributed by atoms with Gasteiger partial charge in [-0.15, -0.1) is 10.2 Å². The van der Waals surface area contributed by atoms with Gasteiger partial charge in [-0.25, -0.2) is 4.40 Å². The van der Waals surface area contributed by atoms with E-state index in [4.69, 9.17) is 4.42 Å². The van der Waals surface area contributed by atoms with Crippen LogP contribution in [0.2, 0.25) is 0 Å². The van der Waals surface area contributed by atoms with E-state index in [9.17, 15) is 4.79 Å². The molecule has 3 aromatic rings. The highest BCUT2D eigenvalue weighted by atomic mass is 32.2. The molecule has 0 fully saturated rings. The summed E-state index contributed by atoms with van der Waals surface area (Å²) < 4.78 is 7.62. The Morgan fingerprint density at radius 3 is 2.78 bits per heavy atom. The standard InChI is InChI=1S/C21H30N8O2S/c1-6-22-17-25-18(23-7-2)29-19(26-17)27-28-20(29)32-11-16(30)24-14-9-21(4,5)10-15-13(14)8-12(3)31-15/h8,14H,6-7,9-11H2,1-5H3,(H,24,30)(H2,22,23,25,26,27). The summed E-state index contributed by atoms with van der Waals surface area (Å²) in [4.78, 5) is 21.7. The fourth-order valence-corrected chi connectivity index (χ4v) is 4.82.